The molecular weight excluding hydrogens is 344 g/mol. The van der Waals surface area contributed by atoms with E-state index in [4.69, 9.17) is 0 Å². The summed E-state index contributed by atoms with van der Waals surface area (Å²) in [5.74, 6) is 0.837. The minimum atomic E-state index is -0.671. The summed E-state index contributed by atoms with van der Waals surface area (Å²) in [5, 5.41) is 13.1. The van der Waals surface area contributed by atoms with Crippen molar-refractivity contribution in [3.8, 4) is 0 Å². The number of hydrogen-bond donors (Lipinski definition) is 0. The molecule has 4 aromatic rings. The molecule has 0 bridgehead atoms. The van der Waals surface area contributed by atoms with E-state index in [0.29, 0.717) is 0 Å². The zero-order valence-electron chi connectivity index (χ0n) is 16.4. The Labute approximate surface area is 165 Å². The van der Waals surface area contributed by atoms with Gasteiger partial charge in [-0.1, -0.05) is 112 Å². The molecule has 0 saturated heterocycles. The van der Waals surface area contributed by atoms with Crippen molar-refractivity contribution >= 4 is 0 Å². The van der Waals surface area contributed by atoms with Gasteiger partial charge in [-0.25, -0.2) is 4.68 Å². The van der Waals surface area contributed by atoms with Crippen LogP contribution >= 0.6 is 0 Å². The van der Waals surface area contributed by atoms with Gasteiger partial charge in [0, 0.05) is 5.41 Å². The molecule has 0 fully saturated rings. The van der Waals surface area contributed by atoms with Crippen LogP contribution in [0.1, 0.15) is 43.3 Å². The van der Waals surface area contributed by atoms with Gasteiger partial charge in [0.1, 0.15) is 5.54 Å². The van der Waals surface area contributed by atoms with Crippen molar-refractivity contribution in [1.29, 1.82) is 0 Å². The third-order valence-corrected chi connectivity index (χ3v) is 5.03. The molecule has 0 saturated carbocycles. The van der Waals surface area contributed by atoms with Crippen molar-refractivity contribution < 1.29 is 0 Å². The first kappa shape index (κ1) is 18.1. The first-order valence-corrected chi connectivity index (χ1v) is 9.50. The van der Waals surface area contributed by atoms with Crippen molar-refractivity contribution in [3.05, 3.63) is 114 Å². The molecule has 0 amide bonds. The van der Waals surface area contributed by atoms with E-state index in [1.165, 1.54) is 0 Å². The van der Waals surface area contributed by atoms with E-state index in [0.717, 1.165) is 22.5 Å². The number of benzene rings is 3. The van der Waals surface area contributed by atoms with Gasteiger partial charge in [-0.2, -0.15) is 0 Å². The molecule has 28 heavy (non-hydrogen) atoms. The summed E-state index contributed by atoms with van der Waals surface area (Å²) >= 11 is 0. The maximum atomic E-state index is 4.54. The largest absolute Gasteiger partial charge is 0.209 e. The lowest BCUT2D eigenvalue weighted by atomic mass is 9.76. The number of nitrogens with zero attached hydrogens (tertiary/aromatic N) is 4. The van der Waals surface area contributed by atoms with Gasteiger partial charge in [0.2, 0.25) is 0 Å². The molecule has 1 aromatic heterocycles. The molecule has 4 nitrogen and oxygen atoms in total. The highest BCUT2D eigenvalue weighted by Gasteiger charge is 2.43. The van der Waals surface area contributed by atoms with Crippen LogP contribution in [0.2, 0.25) is 0 Å². The molecule has 0 N–H and O–H groups in total. The van der Waals surface area contributed by atoms with Crippen LogP contribution in [-0.4, -0.2) is 20.2 Å². The average Bonchev–Trinajstić information content (AvgIpc) is 3.22. The molecule has 4 heteroatoms. The Morgan fingerprint density at radius 2 is 1.00 bits per heavy atom. The highest BCUT2D eigenvalue weighted by atomic mass is 15.6. The van der Waals surface area contributed by atoms with Crippen molar-refractivity contribution in [1.82, 2.24) is 20.2 Å². The molecule has 3 aromatic carbocycles. The summed E-state index contributed by atoms with van der Waals surface area (Å²) in [6, 6.07) is 31.4. The van der Waals surface area contributed by atoms with Crippen LogP contribution in [0.25, 0.3) is 0 Å². The van der Waals surface area contributed by atoms with Crippen LogP contribution in [0, 0.1) is 0 Å². The molecule has 0 spiro atoms. The second-order valence-electron chi connectivity index (χ2n) is 7.97. The first-order valence-electron chi connectivity index (χ1n) is 9.50. The van der Waals surface area contributed by atoms with Crippen LogP contribution in [0.5, 0.6) is 0 Å². The third-order valence-electron chi connectivity index (χ3n) is 5.03. The normalized spacial score (nSPS) is 12.1. The standard InChI is InChI=1S/C24H24N4/c1-23(2,3)22-25-26-27-28(22)24(19-13-7-4-8-14-19,20-15-9-5-10-16-20)21-17-11-6-12-18-21/h4-18H,1-3H3. The lowest BCUT2D eigenvalue weighted by Crippen LogP contribution is -2.41. The maximum Gasteiger partial charge on any atom is 0.158 e. The van der Waals surface area contributed by atoms with Crippen LogP contribution in [0.3, 0.4) is 0 Å². The van der Waals surface area contributed by atoms with Crippen LogP contribution < -0.4 is 0 Å². The van der Waals surface area contributed by atoms with Crippen molar-refractivity contribution in [2.24, 2.45) is 0 Å². The summed E-state index contributed by atoms with van der Waals surface area (Å²) in [7, 11) is 0. The smallest absolute Gasteiger partial charge is 0.158 e. The van der Waals surface area contributed by atoms with Gasteiger partial charge in [-0.15, -0.1) is 5.10 Å². The topological polar surface area (TPSA) is 43.6 Å². The molecule has 140 valence electrons. The molecule has 1 heterocycles. The third kappa shape index (κ3) is 2.91. The Bertz CT molecular complexity index is 936. The average molecular weight is 368 g/mol. The first-order chi connectivity index (χ1) is 13.5. The quantitative estimate of drug-likeness (QED) is 0.486. The Hall–Kier alpha value is -3.27. The molecule has 0 aliphatic carbocycles. The highest BCUT2D eigenvalue weighted by molar-refractivity contribution is 5.50. The highest BCUT2D eigenvalue weighted by Crippen LogP contribution is 2.41. The van der Waals surface area contributed by atoms with Gasteiger partial charge in [0.25, 0.3) is 0 Å². The fourth-order valence-corrected chi connectivity index (χ4v) is 3.79. The van der Waals surface area contributed by atoms with Crippen LogP contribution in [-0.2, 0) is 11.0 Å². The van der Waals surface area contributed by atoms with Crippen molar-refractivity contribution in [3.63, 3.8) is 0 Å². The Morgan fingerprint density at radius 1 is 0.607 bits per heavy atom. The lowest BCUT2D eigenvalue weighted by Gasteiger charge is -2.37. The number of tetrazole rings is 1. The number of rotatable bonds is 4. The van der Waals surface area contributed by atoms with Crippen molar-refractivity contribution in [2.45, 2.75) is 31.7 Å². The fraction of sp³-hybridized carbons (Fsp3) is 0.208. The molecule has 0 atom stereocenters. The molecule has 4 rings (SSSR count). The van der Waals surface area contributed by atoms with Crippen LogP contribution in [0.15, 0.2) is 91.0 Å². The van der Waals surface area contributed by atoms with Gasteiger partial charge < -0.3 is 0 Å². The zero-order valence-corrected chi connectivity index (χ0v) is 16.4. The molecule has 0 aliphatic heterocycles. The summed E-state index contributed by atoms with van der Waals surface area (Å²) < 4.78 is 1.99. The number of aromatic nitrogens is 4. The predicted octanol–water partition coefficient (Wildman–Crippen LogP) is 4.81. The van der Waals surface area contributed by atoms with E-state index in [1.54, 1.807) is 0 Å². The van der Waals surface area contributed by atoms with Gasteiger partial charge in [-0.05, 0) is 27.1 Å². The zero-order chi connectivity index (χ0) is 19.6. The predicted molar refractivity (Wildman–Crippen MR) is 111 cm³/mol. The van der Waals surface area contributed by atoms with E-state index >= 15 is 0 Å². The van der Waals surface area contributed by atoms with Gasteiger partial charge in [0.05, 0.1) is 0 Å². The van der Waals surface area contributed by atoms with E-state index < -0.39 is 5.54 Å². The Kier molecular flexibility index (Phi) is 4.55. The van der Waals surface area contributed by atoms with E-state index in [2.05, 4.69) is 109 Å². The lowest BCUT2D eigenvalue weighted by molar-refractivity contribution is 0.391. The molecule has 0 unspecified atom stereocenters. The van der Waals surface area contributed by atoms with Gasteiger partial charge >= 0.3 is 0 Å². The van der Waals surface area contributed by atoms with E-state index in [1.807, 2.05) is 22.9 Å². The summed E-state index contributed by atoms with van der Waals surface area (Å²) in [5.41, 5.74) is 2.46. The van der Waals surface area contributed by atoms with E-state index in [-0.39, 0.29) is 5.41 Å². The SMILES string of the molecule is CC(C)(C)c1nnnn1C(c1ccccc1)(c1ccccc1)c1ccccc1. The Morgan fingerprint density at radius 3 is 1.36 bits per heavy atom. The second-order valence-corrected chi connectivity index (χ2v) is 7.97. The molecular formula is C24H24N4. The Balaban J connectivity index is 2.17. The molecule has 0 radical (unpaired) electrons. The van der Waals surface area contributed by atoms with Crippen molar-refractivity contribution in [2.75, 3.05) is 0 Å². The molecule has 0 aliphatic rings. The number of hydrogen-bond acceptors (Lipinski definition) is 3. The summed E-state index contributed by atoms with van der Waals surface area (Å²) in [6.07, 6.45) is 0. The maximum absolute atomic E-state index is 4.54. The van der Waals surface area contributed by atoms with Gasteiger partial charge in [-0.3, -0.25) is 0 Å². The minimum Gasteiger partial charge on any atom is -0.209 e. The van der Waals surface area contributed by atoms with E-state index in [9.17, 15) is 0 Å². The second kappa shape index (κ2) is 7.04. The van der Waals surface area contributed by atoms with Gasteiger partial charge in [0.15, 0.2) is 5.82 Å². The monoisotopic (exact) mass is 368 g/mol. The summed E-state index contributed by atoms with van der Waals surface area (Å²) in [6.45, 7) is 6.42. The fourth-order valence-electron chi connectivity index (χ4n) is 3.79. The summed E-state index contributed by atoms with van der Waals surface area (Å²) in [4.78, 5) is 0. The van der Waals surface area contributed by atoms with Crippen LogP contribution in [0.4, 0.5) is 0 Å². The minimum absolute atomic E-state index is 0.215.